The Kier molecular flexibility index (Phi) is 5.31. The number of nitrogens with one attached hydrogen (secondary N) is 2. The smallest absolute Gasteiger partial charge is 0.255 e. The van der Waals surface area contributed by atoms with Crippen molar-refractivity contribution in [3.05, 3.63) is 34.9 Å². The Morgan fingerprint density at radius 1 is 1.06 bits per heavy atom. The van der Waals surface area contributed by atoms with Crippen LogP contribution in [0.15, 0.2) is 18.2 Å². The summed E-state index contributed by atoms with van der Waals surface area (Å²) in [5, 5.41) is 16.0. The van der Waals surface area contributed by atoms with E-state index in [0.29, 0.717) is 23.9 Å². The summed E-state index contributed by atoms with van der Waals surface area (Å²) in [4.78, 5) is 41.1. The lowest BCUT2D eigenvalue weighted by Crippen LogP contribution is -2.67. The van der Waals surface area contributed by atoms with E-state index in [1.165, 1.54) is 12.8 Å². The molecule has 0 radical (unpaired) electrons. The maximum Gasteiger partial charge on any atom is 0.255 e. The molecule has 3 amide bonds. The van der Waals surface area contributed by atoms with Crippen LogP contribution in [-0.2, 0) is 22.7 Å². The molecule has 0 spiro atoms. The summed E-state index contributed by atoms with van der Waals surface area (Å²) in [6, 6.07) is 5.53. The van der Waals surface area contributed by atoms with Gasteiger partial charge in [-0.25, -0.2) is 0 Å². The van der Waals surface area contributed by atoms with Gasteiger partial charge in [-0.15, -0.1) is 0 Å². The number of nitrogens with zero attached hydrogens (tertiary/aromatic N) is 2. The molecule has 182 valence electrons. The zero-order chi connectivity index (χ0) is 23.5. The average molecular weight is 467 g/mol. The van der Waals surface area contributed by atoms with E-state index < -0.39 is 6.04 Å². The second-order valence-corrected chi connectivity index (χ2v) is 11.4. The maximum atomic E-state index is 13.2. The predicted molar refractivity (Wildman–Crippen MR) is 125 cm³/mol. The second kappa shape index (κ2) is 8.14. The van der Waals surface area contributed by atoms with Gasteiger partial charge in [-0.05, 0) is 73.7 Å². The lowest BCUT2D eigenvalue weighted by Gasteiger charge is -2.66. The van der Waals surface area contributed by atoms with E-state index in [2.05, 4.69) is 21.6 Å². The van der Waals surface area contributed by atoms with E-state index in [1.54, 1.807) is 4.90 Å². The molecule has 1 aromatic carbocycles. The maximum absolute atomic E-state index is 13.2. The molecule has 7 rings (SSSR count). The SMILES string of the molecule is O=C1CCC(N2Cc3ccc(CN4CC5(CO)CC(C6CCNCC6)(C4)C5)cc3C2=O)C(=O)N1. The Balaban J connectivity index is 1.17. The molecule has 1 aliphatic carbocycles. The number of carbonyl (C=O) groups excluding carboxylic acids is 3. The molecular weight excluding hydrogens is 432 g/mol. The minimum Gasteiger partial charge on any atom is -0.396 e. The predicted octanol–water partition coefficient (Wildman–Crippen LogP) is 1.02. The van der Waals surface area contributed by atoms with Gasteiger partial charge >= 0.3 is 0 Å². The number of aliphatic hydroxyl groups excluding tert-OH is 1. The van der Waals surface area contributed by atoms with Gasteiger partial charge in [-0.1, -0.05) is 12.1 Å². The van der Waals surface area contributed by atoms with Crippen LogP contribution in [0.25, 0.3) is 0 Å². The number of fused-ring (bicyclic) bond motifs is 3. The van der Waals surface area contributed by atoms with Crippen LogP contribution >= 0.6 is 0 Å². The van der Waals surface area contributed by atoms with Crippen LogP contribution in [0.5, 0.6) is 0 Å². The Bertz CT molecular complexity index is 1030. The van der Waals surface area contributed by atoms with Crippen LogP contribution in [-0.4, -0.2) is 71.5 Å². The van der Waals surface area contributed by atoms with Crippen molar-refractivity contribution < 1.29 is 19.5 Å². The van der Waals surface area contributed by atoms with Crippen molar-refractivity contribution in [3.8, 4) is 0 Å². The molecule has 0 aromatic heterocycles. The van der Waals surface area contributed by atoms with Crippen molar-refractivity contribution in [2.45, 2.75) is 57.7 Å². The average Bonchev–Trinajstić information content (AvgIpc) is 3.14. The first-order chi connectivity index (χ1) is 16.4. The molecule has 4 saturated heterocycles. The molecule has 1 saturated carbocycles. The fourth-order valence-corrected chi connectivity index (χ4v) is 7.73. The lowest BCUT2D eigenvalue weighted by molar-refractivity contribution is -0.188. The third-order valence-electron chi connectivity index (χ3n) is 9.09. The fourth-order valence-electron chi connectivity index (χ4n) is 7.73. The summed E-state index contributed by atoms with van der Waals surface area (Å²) in [5.41, 5.74) is 3.07. The zero-order valence-corrected chi connectivity index (χ0v) is 19.6. The quantitative estimate of drug-likeness (QED) is 0.560. The van der Waals surface area contributed by atoms with Gasteiger partial charge < -0.3 is 15.3 Å². The molecule has 34 heavy (non-hydrogen) atoms. The standard InChI is InChI=1S/C26H34N4O4/c31-16-25-12-26(13-25,19-5-7-27-8-6-19)15-29(14-25)10-17-1-2-18-11-30(24(34)20(18)9-17)21-3-4-22(32)28-23(21)33/h1-2,9,19,21,27,31H,3-8,10-16H2,(H,28,32,33). The van der Waals surface area contributed by atoms with Gasteiger partial charge in [0.1, 0.15) is 6.04 Å². The molecule has 5 aliphatic heterocycles. The third-order valence-corrected chi connectivity index (χ3v) is 9.09. The fraction of sp³-hybridized carbons (Fsp3) is 0.654. The molecule has 3 N–H and O–H groups in total. The van der Waals surface area contributed by atoms with Crippen LogP contribution in [0.3, 0.4) is 0 Å². The van der Waals surface area contributed by atoms with Crippen molar-refractivity contribution in [3.63, 3.8) is 0 Å². The molecule has 5 heterocycles. The van der Waals surface area contributed by atoms with Gasteiger partial charge in [-0.2, -0.15) is 0 Å². The van der Waals surface area contributed by atoms with Crippen molar-refractivity contribution in [1.29, 1.82) is 0 Å². The largest absolute Gasteiger partial charge is 0.396 e. The van der Waals surface area contributed by atoms with Crippen LogP contribution in [0, 0.1) is 16.7 Å². The Morgan fingerprint density at radius 2 is 1.85 bits per heavy atom. The van der Waals surface area contributed by atoms with E-state index in [9.17, 15) is 19.5 Å². The summed E-state index contributed by atoms with van der Waals surface area (Å²) in [7, 11) is 0. The van der Waals surface area contributed by atoms with Gasteiger partial charge in [0, 0.05) is 50.2 Å². The van der Waals surface area contributed by atoms with Gasteiger partial charge in [0.15, 0.2) is 0 Å². The highest BCUT2D eigenvalue weighted by molar-refractivity contribution is 6.05. The van der Waals surface area contributed by atoms with Crippen molar-refractivity contribution in [1.82, 2.24) is 20.4 Å². The van der Waals surface area contributed by atoms with Gasteiger partial charge in [0.2, 0.25) is 11.8 Å². The van der Waals surface area contributed by atoms with E-state index in [4.69, 9.17) is 0 Å². The van der Waals surface area contributed by atoms with Crippen LogP contribution in [0.2, 0.25) is 0 Å². The molecule has 1 unspecified atom stereocenters. The summed E-state index contributed by atoms with van der Waals surface area (Å²) in [5.74, 6) is -0.0383. The summed E-state index contributed by atoms with van der Waals surface area (Å²) in [6.07, 6.45) is 5.37. The molecule has 8 heteroatoms. The monoisotopic (exact) mass is 466 g/mol. The van der Waals surface area contributed by atoms with E-state index in [0.717, 1.165) is 62.6 Å². The Hall–Kier alpha value is -2.29. The van der Waals surface area contributed by atoms with Gasteiger partial charge in [-0.3, -0.25) is 24.6 Å². The van der Waals surface area contributed by atoms with Crippen molar-refractivity contribution in [2.75, 3.05) is 32.8 Å². The molecule has 6 aliphatic rings. The molecule has 1 aromatic rings. The van der Waals surface area contributed by atoms with Crippen LogP contribution < -0.4 is 10.6 Å². The molecule has 1 atom stereocenters. The molecule has 5 fully saturated rings. The minimum atomic E-state index is -0.579. The minimum absolute atomic E-state index is 0.0260. The van der Waals surface area contributed by atoms with E-state index in [1.807, 2.05) is 12.1 Å². The summed E-state index contributed by atoms with van der Waals surface area (Å²) in [6.45, 7) is 5.59. The molecule has 8 nitrogen and oxygen atoms in total. The first-order valence-electron chi connectivity index (χ1n) is 12.7. The highest BCUT2D eigenvalue weighted by Gasteiger charge is 2.61. The highest BCUT2D eigenvalue weighted by atomic mass is 16.3. The topological polar surface area (TPSA) is 102 Å². The second-order valence-electron chi connectivity index (χ2n) is 11.4. The number of benzene rings is 1. The van der Waals surface area contributed by atoms with Crippen LogP contribution in [0.1, 0.15) is 60.0 Å². The van der Waals surface area contributed by atoms with Crippen molar-refractivity contribution in [2.24, 2.45) is 16.7 Å². The first kappa shape index (κ1) is 22.2. The number of hydrogen-bond donors (Lipinski definition) is 3. The first-order valence-corrected chi connectivity index (χ1v) is 12.7. The number of hydrogen-bond acceptors (Lipinski definition) is 6. The van der Waals surface area contributed by atoms with Crippen LogP contribution in [0.4, 0.5) is 0 Å². The number of rotatable bonds is 5. The zero-order valence-electron chi connectivity index (χ0n) is 19.6. The number of carbonyl (C=O) groups is 3. The highest BCUT2D eigenvalue weighted by Crippen LogP contribution is 2.63. The number of aliphatic hydroxyl groups is 1. The Morgan fingerprint density at radius 3 is 2.59 bits per heavy atom. The van der Waals surface area contributed by atoms with Gasteiger partial charge in [0.25, 0.3) is 5.91 Å². The van der Waals surface area contributed by atoms with E-state index >= 15 is 0 Å². The third kappa shape index (κ3) is 3.58. The van der Waals surface area contributed by atoms with Crippen molar-refractivity contribution >= 4 is 17.7 Å². The lowest BCUT2D eigenvalue weighted by atomic mass is 9.45. The normalized spacial score (nSPS) is 34.1. The summed E-state index contributed by atoms with van der Waals surface area (Å²) >= 11 is 0. The summed E-state index contributed by atoms with van der Waals surface area (Å²) < 4.78 is 0. The number of piperidine rings is 4. The number of amides is 3. The Labute approximate surface area is 200 Å². The van der Waals surface area contributed by atoms with Gasteiger partial charge in [0.05, 0.1) is 0 Å². The van der Waals surface area contributed by atoms with E-state index in [-0.39, 0.29) is 36.2 Å². The molecule has 2 bridgehead atoms. The number of imide groups is 1. The molecular formula is C26H34N4O4.